The number of amides is 1. The van der Waals surface area contributed by atoms with E-state index in [1.807, 2.05) is 41.8 Å². The van der Waals surface area contributed by atoms with Gasteiger partial charge >= 0.3 is 0 Å². The molecule has 5 heteroatoms. The number of carbonyl (C=O) groups is 1. The molecule has 1 amide bonds. The van der Waals surface area contributed by atoms with Crippen LogP contribution >= 0.6 is 11.6 Å². The summed E-state index contributed by atoms with van der Waals surface area (Å²) in [6.07, 6.45) is 0. The molecule has 3 rings (SSSR count). The minimum atomic E-state index is -0.553. The number of primary amides is 1. The number of fused-ring (bicyclic) bond motifs is 1. The fraction of sp³-hybridized carbons (Fsp3) is 0.0667. The van der Waals surface area contributed by atoms with Gasteiger partial charge in [0.05, 0.1) is 27.3 Å². The second kappa shape index (κ2) is 4.65. The molecule has 0 spiro atoms. The predicted molar refractivity (Wildman–Crippen MR) is 79.3 cm³/mol. The molecule has 0 fully saturated rings. The first kappa shape index (κ1) is 12.7. The smallest absolute Gasteiger partial charge is 0.252 e. The van der Waals surface area contributed by atoms with Crippen molar-refractivity contribution in [1.82, 2.24) is 9.55 Å². The van der Waals surface area contributed by atoms with E-state index in [4.69, 9.17) is 17.3 Å². The summed E-state index contributed by atoms with van der Waals surface area (Å²) in [5.74, 6) is 0.221. The van der Waals surface area contributed by atoms with Crippen molar-refractivity contribution in [2.45, 2.75) is 6.92 Å². The normalized spacial score (nSPS) is 10.9. The van der Waals surface area contributed by atoms with Crippen LogP contribution in [0.4, 0.5) is 0 Å². The maximum atomic E-state index is 11.7. The molecule has 100 valence electrons. The average Bonchev–Trinajstić information content (AvgIpc) is 2.73. The second-order valence-corrected chi connectivity index (χ2v) is 4.89. The maximum absolute atomic E-state index is 11.7. The van der Waals surface area contributed by atoms with Gasteiger partial charge in [-0.2, -0.15) is 0 Å². The number of para-hydroxylation sites is 2. The molecule has 4 nitrogen and oxygen atoms in total. The van der Waals surface area contributed by atoms with Crippen molar-refractivity contribution in [3.63, 3.8) is 0 Å². The molecule has 0 radical (unpaired) electrons. The van der Waals surface area contributed by atoms with Crippen LogP contribution < -0.4 is 5.73 Å². The first-order valence-corrected chi connectivity index (χ1v) is 6.50. The van der Waals surface area contributed by atoms with E-state index in [2.05, 4.69) is 4.98 Å². The van der Waals surface area contributed by atoms with E-state index in [0.717, 1.165) is 16.9 Å². The number of carbonyl (C=O) groups excluding carboxylic acids is 1. The van der Waals surface area contributed by atoms with Gasteiger partial charge in [0, 0.05) is 0 Å². The number of aryl methyl sites for hydroxylation is 1. The molecule has 0 bridgehead atoms. The Labute approximate surface area is 120 Å². The monoisotopic (exact) mass is 285 g/mol. The fourth-order valence-electron chi connectivity index (χ4n) is 2.39. The number of imidazole rings is 1. The van der Waals surface area contributed by atoms with Gasteiger partial charge in [-0.15, -0.1) is 0 Å². The van der Waals surface area contributed by atoms with Crippen LogP contribution in [0.2, 0.25) is 5.02 Å². The molecule has 1 heterocycles. The minimum absolute atomic E-state index is 0.306. The zero-order valence-corrected chi connectivity index (χ0v) is 11.6. The van der Waals surface area contributed by atoms with Crippen molar-refractivity contribution < 1.29 is 4.79 Å². The summed E-state index contributed by atoms with van der Waals surface area (Å²) in [5.41, 5.74) is 8.19. The van der Waals surface area contributed by atoms with Gasteiger partial charge in [-0.05, 0) is 31.2 Å². The Morgan fingerprint density at radius 1 is 1.20 bits per heavy atom. The second-order valence-electron chi connectivity index (χ2n) is 4.48. The van der Waals surface area contributed by atoms with Crippen molar-refractivity contribution in [2.24, 2.45) is 5.73 Å². The highest BCUT2D eigenvalue weighted by Crippen LogP contribution is 2.27. The Hall–Kier alpha value is -2.33. The standard InChI is InChI=1S/C15H12ClN3O/c1-9-18-11-6-2-3-7-12(11)19(9)13-8-4-5-10(16)14(13)15(17)20/h2-8H,1H3,(H2,17,20). The molecule has 0 aliphatic rings. The van der Waals surface area contributed by atoms with Gasteiger partial charge in [0.2, 0.25) is 0 Å². The predicted octanol–water partition coefficient (Wildman–Crippen LogP) is 3.09. The lowest BCUT2D eigenvalue weighted by atomic mass is 10.1. The molecule has 2 aromatic carbocycles. The summed E-state index contributed by atoms with van der Waals surface area (Å²) in [7, 11) is 0. The molecule has 0 aliphatic heterocycles. The van der Waals surface area contributed by atoms with Gasteiger partial charge in [0.15, 0.2) is 0 Å². The van der Waals surface area contributed by atoms with Crippen LogP contribution in [0.15, 0.2) is 42.5 Å². The Bertz CT molecular complexity index is 823. The number of hydrogen-bond donors (Lipinski definition) is 1. The molecule has 2 N–H and O–H groups in total. The van der Waals surface area contributed by atoms with Gasteiger partial charge in [-0.25, -0.2) is 4.98 Å². The topological polar surface area (TPSA) is 60.9 Å². The summed E-state index contributed by atoms with van der Waals surface area (Å²) in [6.45, 7) is 1.88. The number of halogens is 1. The highest BCUT2D eigenvalue weighted by molar-refractivity contribution is 6.34. The zero-order valence-electron chi connectivity index (χ0n) is 10.8. The molecule has 0 saturated heterocycles. The van der Waals surface area contributed by atoms with Crippen LogP contribution in [0.1, 0.15) is 16.2 Å². The van der Waals surface area contributed by atoms with Gasteiger partial charge in [0.1, 0.15) is 5.82 Å². The molecular formula is C15H12ClN3O. The molecule has 0 saturated carbocycles. The zero-order chi connectivity index (χ0) is 14.3. The van der Waals surface area contributed by atoms with E-state index in [9.17, 15) is 4.79 Å². The van der Waals surface area contributed by atoms with E-state index in [1.54, 1.807) is 12.1 Å². The van der Waals surface area contributed by atoms with E-state index >= 15 is 0 Å². The lowest BCUT2D eigenvalue weighted by Crippen LogP contribution is -2.15. The summed E-state index contributed by atoms with van der Waals surface area (Å²) < 4.78 is 1.89. The number of aromatic nitrogens is 2. The summed E-state index contributed by atoms with van der Waals surface area (Å²) in [5, 5.41) is 0.340. The highest BCUT2D eigenvalue weighted by atomic mass is 35.5. The first-order valence-electron chi connectivity index (χ1n) is 6.12. The Balaban J connectivity index is 2.40. The van der Waals surface area contributed by atoms with E-state index < -0.39 is 5.91 Å². The largest absolute Gasteiger partial charge is 0.365 e. The molecule has 0 unspecified atom stereocenters. The Morgan fingerprint density at radius 3 is 2.70 bits per heavy atom. The van der Waals surface area contributed by atoms with Crippen molar-refractivity contribution in [3.05, 3.63) is 58.9 Å². The number of rotatable bonds is 2. The molecule has 3 aromatic rings. The Morgan fingerprint density at radius 2 is 1.95 bits per heavy atom. The third-order valence-electron chi connectivity index (χ3n) is 3.21. The van der Waals surface area contributed by atoms with Crippen molar-refractivity contribution in [3.8, 4) is 5.69 Å². The average molecular weight is 286 g/mol. The number of hydrogen-bond acceptors (Lipinski definition) is 2. The van der Waals surface area contributed by atoms with Crippen LogP contribution in [0, 0.1) is 6.92 Å². The van der Waals surface area contributed by atoms with Crippen molar-refractivity contribution in [1.29, 1.82) is 0 Å². The minimum Gasteiger partial charge on any atom is -0.365 e. The van der Waals surface area contributed by atoms with E-state index in [1.165, 1.54) is 0 Å². The van der Waals surface area contributed by atoms with Crippen molar-refractivity contribution in [2.75, 3.05) is 0 Å². The quantitative estimate of drug-likeness (QED) is 0.786. The first-order chi connectivity index (χ1) is 9.59. The van der Waals surface area contributed by atoms with Crippen LogP contribution in [-0.4, -0.2) is 15.5 Å². The summed E-state index contributed by atoms with van der Waals surface area (Å²) in [6, 6.07) is 13.0. The van der Waals surface area contributed by atoms with Crippen LogP contribution in [0.25, 0.3) is 16.7 Å². The molecule has 0 atom stereocenters. The number of nitrogens with zero attached hydrogens (tertiary/aromatic N) is 2. The third kappa shape index (κ3) is 1.85. The van der Waals surface area contributed by atoms with Crippen LogP contribution in [-0.2, 0) is 0 Å². The Kier molecular flexibility index (Phi) is 2.95. The third-order valence-corrected chi connectivity index (χ3v) is 3.52. The molecule has 0 aliphatic carbocycles. The van der Waals surface area contributed by atoms with Crippen molar-refractivity contribution >= 4 is 28.5 Å². The molecule has 1 aromatic heterocycles. The van der Waals surface area contributed by atoms with Gasteiger partial charge < -0.3 is 5.73 Å². The SMILES string of the molecule is Cc1nc2ccccc2n1-c1cccc(Cl)c1C(N)=O. The van der Waals surface area contributed by atoms with E-state index in [0.29, 0.717) is 16.3 Å². The summed E-state index contributed by atoms with van der Waals surface area (Å²) in [4.78, 5) is 16.2. The maximum Gasteiger partial charge on any atom is 0.252 e. The van der Waals surface area contributed by atoms with Crippen LogP contribution in [0.3, 0.4) is 0 Å². The fourth-order valence-corrected chi connectivity index (χ4v) is 2.66. The van der Waals surface area contributed by atoms with E-state index in [-0.39, 0.29) is 0 Å². The lowest BCUT2D eigenvalue weighted by Gasteiger charge is -2.12. The van der Waals surface area contributed by atoms with Gasteiger partial charge in [-0.3, -0.25) is 9.36 Å². The summed E-state index contributed by atoms with van der Waals surface area (Å²) >= 11 is 6.11. The van der Waals surface area contributed by atoms with Gasteiger partial charge in [-0.1, -0.05) is 29.8 Å². The molecule has 20 heavy (non-hydrogen) atoms. The number of benzene rings is 2. The highest BCUT2D eigenvalue weighted by Gasteiger charge is 2.17. The van der Waals surface area contributed by atoms with Crippen LogP contribution in [0.5, 0.6) is 0 Å². The lowest BCUT2D eigenvalue weighted by molar-refractivity contribution is 0.100. The molecular weight excluding hydrogens is 274 g/mol. The number of nitrogens with two attached hydrogens (primary N) is 1. The van der Waals surface area contributed by atoms with Gasteiger partial charge in [0.25, 0.3) is 5.91 Å².